The van der Waals surface area contributed by atoms with Gasteiger partial charge < -0.3 is 46.0 Å². The molecule has 3 saturated heterocycles. The molecule has 1 aliphatic carbocycles. The summed E-state index contributed by atoms with van der Waals surface area (Å²) >= 11 is 5.97. The Labute approximate surface area is 343 Å². The average molecular weight is 821 g/mol. The molecule has 16 nitrogen and oxygen atoms in total. The Balaban J connectivity index is 1.12. The van der Waals surface area contributed by atoms with Crippen molar-refractivity contribution in [2.24, 2.45) is 5.92 Å². The molecule has 0 aromatic heterocycles. The zero-order valence-corrected chi connectivity index (χ0v) is 34.1. The number of nitrogens with zero attached hydrogens (tertiary/aromatic N) is 4. The molecule has 58 heavy (non-hydrogen) atoms. The van der Waals surface area contributed by atoms with E-state index in [0.29, 0.717) is 49.5 Å². The van der Waals surface area contributed by atoms with E-state index in [0.717, 1.165) is 11.1 Å². The molecule has 6 rings (SSSR count). The van der Waals surface area contributed by atoms with Crippen LogP contribution in [0.1, 0.15) is 50.7 Å². The minimum absolute atomic E-state index is 0.0319. The van der Waals surface area contributed by atoms with E-state index in [-0.39, 0.29) is 43.7 Å². The molecule has 0 radical (unpaired) electrons. The number of piperazine rings is 1. The molecule has 4 aliphatic rings. The number of aryl methyl sites for hydroxylation is 1. The molecule has 4 fully saturated rings. The van der Waals surface area contributed by atoms with Gasteiger partial charge in [-0.05, 0) is 75.9 Å². The molecule has 2 aromatic carbocycles. The fourth-order valence-corrected chi connectivity index (χ4v) is 8.61. The summed E-state index contributed by atoms with van der Waals surface area (Å²) in [5, 5.41) is 21.7. The first kappa shape index (κ1) is 42.5. The molecular weight excluding hydrogens is 768 g/mol. The van der Waals surface area contributed by atoms with Gasteiger partial charge in [0.1, 0.15) is 35.7 Å². The number of rotatable bonds is 12. The predicted octanol–water partition coefficient (Wildman–Crippen LogP) is 1.08. The molecule has 2 aromatic rings. The van der Waals surface area contributed by atoms with Crippen molar-refractivity contribution >= 4 is 58.6 Å². The lowest BCUT2D eigenvalue weighted by atomic mass is 10.0. The van der Waals surface area contributed by atoms with E-state index in [1.807, 2.05) is 50.1 Å². The topological polar surface area (TPSA) is 201 Å². The minimum atomic E-state index is -1.43. The zero-order valence-electron chi connectivity index (χ0n) is 33.3. The van der Waals surface area contributed by atoms with Gasteiger partial charge in [-0.1, -0.05) is 48.4 Å². The fraction of sp³-hybridized carbons (Fsp3) is 0.537. The van der Waals surface area contributed by atoms with E-state index in [4.69, 9.17) is 11.6 Å². The van der Waals surface area contributed by atoms with Gasteiger partial charge >= 0.3 is 6.03 Å². The van der Waals surface area contributed by atoms with Gasteiger partial charge in [-0.25, -0.2) is 4.79 Å². The third-order valence-electron chi connectivity index (χ3n) is 11.6. The highest BCUT2D eigenvalue weighted by Gasteiger charge is 2.63. The first-order valence-corrected chi connectivity index (χ1v) is 20.2. The second-order valence-corrected chi connectivity index (χ2v) is 16.7. The third-order valence-corrected chi connectivity index (χ3v) is 11.8. The van der Waals surface area contributed by atoms with Gasteiger partial charge in [-0.2, -0.15) is 0 Å². The van der Waals surface area contributed by atoms with Crippen molar-refractivity contribution in [1.29, 1.82) is 0 Å². The summed E-state index contributed by atoms with van der Waals surface area (Å²) in [4.78, 5) is 101. The maximum absolute atomic E-state index is 14.3. The SMILES string of the molecule is Cc1cccc(C[C@H](NC(=O)Nc2ccc(Cl)cc2)C(=O)N[C@@H](CO)C(=O)N2CCC[C@H]2C(=O)N2CCN(C)C[C@H]2C(=O)N[C@@H](C)C(=O)N2C[C@H](C)C[C@]23CC3=O)c1. The highest BCUT2D eigenvalue weighted by Crippen LogP contribution is 2.48. The van der Waals surface area contributed by atoms with Crippen molar-refractivity contribution in [2.75, 3.05) is 51.7 Å². The van der Waals surface area contributed by atoms with Crippen molar-refractivity contribution in [3.05, 3.63) is 64.7 Å². The number of nitrogens with one attached hydrogen (secondary N) is 4. The molecule has 1 saturated carbocycles. The van der Waals surface area contributed by atoms with Crippen LogP contribution in [0.15, 0.2) is 48.5 Å². The van der Waals surface area contributed by atoms with Crippen molar-refractivity contribution in [3.63, 3.8) is 0 Å². The quantitative estimate of drug-likeness (QED) is 0.208. The Morgan fingerprint density at radius 1 is 0.914 bits per heavy atom. The van der Waals surface area contributed by atoms with Crippen molar-refractivity contribution in [2.45, 2.75) is 88.6 Å². The molecule has 7 atom stereocenters. The van der Waals surface area contributed by atoms with Crippen LogP contribution in [0.25, 0.3) is 0 Å². The van der Waals surface area contributed by atoms with Crippen LogP contribution in [0.5, 0.6) is 0 Å². The van der Waals surface area contributed by atoms with E-state index in [2.05, 4.69) is 21.3 Å². The van der Waals surface area contributed by atoms with Crippen molar-refractivity contribution in [3.8, 4) is 0 Å². The number of hydrogen-bond donors (Lipinski definition) is 5. The van der Waals surface area contributed by atoms with E-state index in [9.17, 15) is 38.7 Å². The van der Waals surface area contributed by atoms with Gasteiger partial charge in [-0.3, -0.25) is 28.8 Å². The first-order valence-electron chi connectivity index (χ1n) is 19.8. The number of amides is 7. The molecule has 312 valence electrons. The Morgan fingerprint density at radius 3 is 2.31 bits per heavy atom. The van der Waals surface area contributed by atoms with Gasteiger partial charge in [0.15, 0.2) is 5.78 Å². The average Bonchev–Trinajstić information content (AvgIpc) is 3.46. The number of carbonyl (C=O) groups excluding carboxylic acids is 7. The number of hydrogen-bond acceptors (Lipinski definition) is 9. The van der Waals surface area contributed by atoms with Crippen molar-refractivity contribution in [1.82, 2.24) is 35.6 Å². The number of benzene rings is 2. The van der Waals surface area contributed by atoms with E-state index in [1.54, 1.807) is 36.1 Å². The van der Waals surface area contributed by atoms with E-state index >= 15 is 0 Å². The normalized spacial score (nSPS) is 24.6. The summed E-state index contributed by atoms with van der Waals surface area (Å²) in [5.74, 6) is -2.51. The number of anilines is 1. The third kappa shape index (κ3) is 9.45. The Kier molecular flexibility index (Phi) is 13.1. The molecule has 1 spiro atoms. The second-order valence-electron chi connectivity index (χ2n) is 16.2. The number of Topliss-reactive ketones (excluding diaryl/α,β-unsaturated/α-hetero) is 1. The maximum atomic E-state index is 14.3. The molecule has 0 bridgehead atoms. The van der Waals surface area contributed by atoms with Gasteiger partial charge in [-0.15, -0.1) is 0 Å². The van der Waals surface area contributed by atoms with Gasteiger partial charge in [0, 0.05) is 56.3 Å². The van der Waals surface area contributed by atoms with Crippen LogP contribution in [0.2, 0.25) is 5.02 Å². The van der Waals surface area contributed by atoms with Crippen LogP contribution in [-0.2, 0) is 35.2 Å². The number of ketones is 1. The van der Waals surface area contributed by atoms with Crippen LogP contribution in [0.3, 0.4) is 0 Å². The molecular formula is C41H53ClN8O8. The smallest absolute Gasteiger partial charge is 0.319 e. The Morgan fingerprint density at radius 2 is 1.64 bits per heavy atom. The lowest BCUT2D eigenvalue weighted by Gasteiger charge is -2.41. The summed E-state index contributed by atoms with van der Waals surface area (Å²) in [6, 6.07) is 7.70. The maximum Gasteiger partial charge on any atom is 0.319 e. The lowest BCUT2D eigenvalue weighted by Crippen LogP contribution is -2.65. The highest BCUT2D eigenvalue weighted by molar-refractivity contribution is 6.30. The molecule has 3 aliphatic heterocycles. The molecule has 0 unspecified atom stereocenters. The number of halogens is 1. The van der Waals surface area contributed by atoms with Crippen LogP contribution in [0, 0.1) is 12.8 Å². The molecule has 7 amide bonds. The first-order chi connectivity index (χ1) is 27.6. The fourth-order valence-electron chi connectivity index (χ4n) is 8.48. The van der Waals surface area contributed by atoms with Crippen LogP contribution in [-0.4, -0.2) is 148 Å². The van der Waals surface area contributed by atoms with Crippen molar-refractivity contribution < 1.29 is 38.7 Å². The summed E-state index contributed by atoms with van der Waals surface area (Å²) in [5.41, 5.74) is 1.37. The second kappa shape index (κ2) is 17.8. The standard InChI is InChI=1S/C41H53ClN8O8/c1-24-7-5-8-27(17-24)18-30(46-40(58)44-29-12-10-28(42)11-13-29)35(53)45-31(23-51)38(56)48-14-6-9-32(48)39(57)49-16-15-47(4)22-33(49)36(54)43-26(3)37(55)50-21-25(2)19-41(50)20-34(41)52/h5,7-8,10-13,17,25-26,30-33,51H,6,9,14-16,18-23H2,1-4H3,(H,43,54)(H,45,53)(H2,44,46,58)/t25-,26+,30+,31+,32+,33+,41-/m1/s1. The Hall–Kier alpha value is -5.06. The summed E-state index contributed by atoms with van der Waals surface area (Å²) in [6.07, 6.45) is 1.79. The monoisotopic (exact) mass is 820 g/mol. The van der Waals surface area contributed by atoms with Gasteiger partial charge in [0.05, 0.1) is 6.61 Å². The molecule has 17 heteroatoms. The van der Waals surface area contributed by atoms with Gasteiger partial charge in [0.2, 0.25) is 29.5 Å². The van der Waals surface area contributed by atoms with E-state index in [1.165, 1.54) is 9.80 Å². The number of carbonyl (C=O) groups is 7. The number of aliphatic hydroxyl groups is 1. The number of likely N-dealkylation sites (tertiary alicyclic amines) is 2. The largest absolute Gasteiger partial charge is 0.394 e. The summed E-state index contributed by atoms with van der Waals surface area (Å²) in [7, 11) is 1.83. The highest BCUT2D eigenvalue weighted by atomic mass is 35.5. The number of aliphatic hydroxyl groups excluding tert-OH is 1. The summed E-state index contributed by atoms with van der Waals surface area (Å²) < 4.78 is 0. The summed E-state index contributed by atoms with van der Waals surface area (Å²) in [6.45, 7) is 6.17. The van der Waals surface area contributed by atoms with Gasteiger partial charge in [0.25, 0.3) is 0 Å². The minimum Gasteiger partial charge on any atom is -0.394 e. The molecule has 3 heterocycles. The van der Waals surface area contributed by atoms with E-state index < -0.39 is 72.0 Å². The predicted molar refractivity (Wildman–Crippen MR) is 214 cm³/mol. The zero-order chi connectivity index (χ0) is 41.9. The van der Waals surface area contributed by atoms with Crippen LogP contribution >= 0.6 is 11.6 Å². The lowest BCUT2D eigenvalue weighted by molar-refractivity contribution is -0.152. The van der Waals surface area contributed by atoms with Crippen LogP contribution in [0.4, 0.5) is 10.5 Å². The Bertz CT molecular complexity index is 1930. The molecule has 5 N–H and O–H groups in total. The number of likely N-dealkylation sites (N-methyl/N-ethyl adjacent to an activating group) is 1. The van der Waals surface area contributed by atoms with Crippen LogP contribution < -0.4 is 21.3 Å². The number of urea groups is 1.